The van der Waals surface area contributed by atoms with E-state index in [2.05, 4.69) is 15.5 Å². The molecular formula is C22H25F6N5O2. The SMILES string of the molecule is CCCCCC(=O)N[C@@H](CC(=O)N1CCn2c(nnc2C(F)(F)F)C1)Cc1cc(F)c(F)cc1F. The highest BCUT2D eigenvalue weighted by atomic mass is 19.4. The molecule has 0 bridgehead atoms. The highest BCUT2D eigenvalue weighted by molar-refractivity contribution is 5.80. The van der Waals surface area contributed by atoms with Gasteiger partial charge >= 0.3 is 6.18 Å². The van der Waals surface area contributed by atoms with Crippen molar-refractivity contribution in [2.45, 2.75) is 70.8 Å². The second-order valence-corrected chi connectivity index (χ2v) is 8.39. The first-order valence-electron chi connectivity index (χ1n) is 11.2. The summed E-state index contributed by atoms with van der Waals surface area (Å²) in [6.45, 7) is 1.51. The lowest BCUT2D eigenvalue weighted by Gasteiger charge is -2.29. The van der Waals surface area contributed by atoms with Crippen LogP contribution in [0.3, 0.4) is 0 Å². The largest absolute Gasteiger partial charge is 0.451 e. The predicted molar refractivity (Wildman–Crippen MR) is 111 cm³/mol. The number of carbonyl (C=O) groups is 2. The van der Waals surface area contributed by atoms with Gasteiger partial charge in [-0.25, -0.2) is 13.2 Å². The zero-order valence-corrected chi connectivity index (χ0v) is 19.0. The molecule has 0 saturated heterocycles. The Balaban J connectivity index is 1.72. The maximum atomic E-state index is 14.2. The lowest BCUT2D eigenvalue weighted by molar-refractivity contribution is -0.148. The average Bonchev–Trinajstić information content (AvgIpc) is 3.21. The van der Waals surface area contributed by atoms with Crippen molar-refractivity contribution < 1.29 is 35.9 Å². The number of nitrogens with zero attached hydrogens (tertiary/aromatic N) is 4. The Labute approximate surface area is 197 Å². The third-order valence-electron chi connectivity index (χ3n) is 5.71. The number of hydrogen-bond donors (Lipinski definition) is 1. The van der Waals surface area contributed by atoms with Gasteiger partial charge in [0.15, 0.2) is 17.5 Å². The number of nitrogens with one attached hydrogen (secondary N) is 1. The first kappa shape index (κ1) is 26.5. The van der Waals surface area contributed by atoms with Crippen LogP contribution in [0.4, 0.5) is 26.3 Å². The molecule has 1 atom stereocenters. The molecule has 1 aliphatic heterocycles. The Kier molecular flexibility index (Phi) is 8.39. The predicted octanol–water partition coefficient (Wildman–Crippen LogP) is 3.75. The molecule has 0 unspecified atom stereocenters. The number of unbranched alkanes of at least 4 members (excludes halogenated alkanes) is 2. The van der Waals surface area contributed by atoms with Gasteiger partial charge < -0.3 is 14.8 Å². The van der Waals surface area contributed by atoms with Crippen LogP contribution in [-0.2, 0) is 35.3 Å². The topological polar surface area (TPSA) is 80.1 Å². The summed E-state index contributed by atoms with van der Waals surface area (Å²) in [6.07, 6.45) is -2.82. The summed E-state index contributed by atoms with van der Waals surface area (Å²) in [5, 5.41) is 9.34. The summed E-state index contributed by atoms with van der Waals surface area (Å²) in [4.78, 5) is 26.5. The maximum Gasteiger partial charge on any atom is 0.451 e. The Morgan fingerprint density at radius 3 is 2.46 bits per heavy atom. The van der Waals surface area contributed by atoms with E-state index < -0.39 is 41.4 Å². The van der Waals surface area contributed by atoms with Crippen molar-refractivity contribution in [3.63, 3.8) is 0 Å². The van der Waals surface area contributed by atoms with Crippen LogP contribution in [0.2, 0.25) is 0 Å². The summed E-state index contributed by atoms with van der Waals surface area (Å²) >= 11 is 0. The fourth-order valence-electron chi connectivity index (χ4n) is 3.92. The van der Waals surface area contributed by atoms with E-state index in [1.807, 2.05) is 6.92 Å². The molecule has 0 radical (unpaired) electrons. The van der Waals surface area contributed by atoms with Crippen molar-refractivity contribution in [1.29, 1.82) is 0 Å². The van der Waals surface area contributed by atoms with Crippen LogP contribution in [0, 0.1) is 17.5 Å². The molecule has 1 aromatic carbocycles. The molecule has 192 valence electrons. The Morgan fingerprint density at radius 2 is 1.77 bits per heavy atom. The Morgan fingerprint density at radius 1 is 1.06 bits per heavy atom. The Hall–Kier alpha value is -3.12. The van der Waals surface area contributed by atoms with Crippen molar-refractivity contribution in [3.8, 4) is 0 Å². The monoisotopic (exact) mass is 505 g/mol. The molecule has 0 saturated carbocycles. The van der Waals surface area contributed by atoms with Crippen LogP contribution in [0.25, 0.3) is 0 Å². The number of aromatic nitrogens is 3. The zero-order chi connectivity index (χ0) is 25.8. The second kappa shape index (κ2) is 11.1. The lowest BCUT2D eigenvalue weighted by atomic mass is 10.0. The van der Waals surface area contributed by atoms with E-state index in [9.17, 15) is 35.9 Å². The fraction of sp³-hybridized carbons (Fsp3) is 0.545. The van der Waals surface area contributed by atoms with Crippen molar-refractivity contribution in [2.24, 2.45) is 0 Å². The molecule has 3 rings (SSSR count). The number of fused-ring (bicyclic) bond motifs is 1. The van der Waals surface area contributed by atoms with Crippen LogP contribution in [0.15, 0.2) is 12.1 Å². The van der Waals surface area contributed by atoms with E-state index in [1.165, 1.54) is 4.90 Å². The van der Waals surface area contributed by atoms with Crippen LogP contribution in [0.5, 0.6) is 0 Å². The molecule has 7 nitrogen and oxygen atoms in total. The van der Waals surface area contributed by atoms with Gasteiger partial charge in [0, 0.05) is 38.0 Å². The third kappa shape index (κ3) is 6.73. The zero-order valence-electron chi connectivity index (χ0n) is 19.0. The van der Waals surface area contributed by atoms with Gasteiger partial charge in [0.25, 0.3) is 0 Å². The van der Waals surface area contributed by atoms with E-state index in [0.717, 1.165) is 17.4 Å². The smallest absolute Gasteiger partial charge is 0.353 e. The molecule has 1 N–H and O–H groups in total. The maximum absolute atomic E-state index is 14.2. The molecule has 2 heterocycles. The molecule has 35 heavy (non-hydrogen) atoms. The van der Waals surface area contributed by atoms with Gasteiger partial charge in [-0.2, -0.15) is 13.2 Å². The van der Waals surface area contributed by atoms with Crippen molar-refractivity contribution in [1.82, 2.24) is 25.0 Å². The minimum absolute atomic E-state index is 0.0382. The molecule has 13 heteroatoms. The number of amides is 2. The van der Waals surface area contributed by atoms with Gasteiger partial charge in [-0.05, 0) is 24.5 Å². The highest BCUT2D eigenvalue weighted by Crippen LogP contribution is 2.29. The number of alkyl halides is 3. The van der Waals surface area contributed by atoms with Crippen molar-refractivity contribution in [3.05, 3.63) is 46.8 Å². The normalized spacial score (nSPS) is 14.5. The van der Waals surface area contributed by atoms with Crippen LogP contribution in [0.1, 0.15) is 56.2 Å². The summed E-state index contributed by atoms with van der Waals surface area (Å²) < 4.78 is 81.2. The van der Waals surface area contributed by atoms with Gasteiger partial charge in [0.2, 0.25) is 17.6 Å². The van der Waals surface area contributed by atoms with Gasteiger partial charge in [-0.1, -0.05) is 19.8 Å². The van der Waals surface area contributed by atoms with E-state index >= 15 is 0 Å². The number of rotatable bonds is 9. The lowest BCUT2D eigenvalue weighted by Crippen LogP contribution is -2.44. The molecule has 0 spiro atoms. The first-order valence-corrected chi connectivity index (χ1v) is 11.2. The molecular weight excluding hydrogens is 480 g/mol. The van der Waals surface area contributed by atoms with E-state index in [4.69, 9.17) is 0 Å². The summed E-state index contributed by atoms with van der Waals surface area (Å²) in [5.41, 5.74) is -0.219. The number of carbonyl (C=O) groups excluding carboxylic acids is 2. The fourth-order valence-corrected chi connectivity index (χ4v) is 3.92. The molecule has 1 aliphatic rings. The minimum atomic E-state index is -4.68. The molecule has 2 amide bonds. The standard InChI is InChI=1S/C22H25F6N5O2/c1-2-3-4-5-19(34)29-14(8-13-9-16(24)17(25)11-15(13)23)10-20(35)32-6-7-33-18(12-32)30-31-21(33)22(26,27)28/h9,11,14H,2-8,10,12H2,1H3,(H,29,34)/t14-/m1/s1. The van der Waals surface area contributed by atoms with Crippen molar-refractivity contribution in [2.75, 3.05) is 6.54 Å². The summed E-state index contributed by atoms with van der Waals surface area (Å²) in [7, 11) is 0. The third-order valence-corrected chi connectivity index (χ3v) is 5.71. The summed E-state index contributed by atoms with van der Waals surface area (Å²) in [6, 6.07) is 0.122. The quantitative estimate of drug-likeness (QED) is 0.320. The van der Waals surface area contributed by atoms with Gasteiger partial charge in [-0.15, -0.1) is 10.2 Å². The van der Waals surface area contributed by atoms with E-state index in [1.54, 1.807) is 0 Å². The number of halogens is 6. The second-order valence-electron chi connectivity index (χ2n) is 8.39. The van der Waals surface area contributed by atoms with Crippen LogP contribution < -0.4 is 5.32 Å². The molecule has 1 aromatic heterocycles. The average molecular weight is 505 g/mol. The minimum Gasteiger partial charge on any atom is -0.353 e. The molecule has 2 aromatic rings. The number of benzene rings is 1. The van der Waals surface area contributed by atoms with Crippen LogP contribution >= 0.6 is 0 Å². The number of hydrogen-bond acceptors (Lipinski definition) is 4. The first-order chi connectivity index (χ1) is 16.5. The molecule has 0 aliphatic carbocycles. The highest BCUT2D eigenvalue weighted by Gasteiger charge is 2.40. The van der Waals surface area contributed by atoms with Gasteiger partial charge in [0.1, 0.15) is 5.82 Å². The van der Waals surface area contributed by atoms with Crippen molar-refractivity contribution >= 4 is 11.8 Å². The van der Waals surface area contributed by atoms with Crippen LogP contribution in [-0.4, -0.2) is 44.1 Å². The van der Waals surface area contributed by atoms with E-state index in [-0.39, 0.29) is 56.2 Å². The van der Waals surface area contributed by atoms with E-state index in [0.29, 0.717) is 18.6 Å². The van der Waals surface area contributed by atoms with Gasteiger partial charge in [-0.3, -0.25) is 9.59 Å². The molecule has 0 fully saturated rings. The Bertz CT molecular complexity index is 1070. The van der Waals surface area contributed by atoms with Gasteiger partial charge in [0.05, 0.1) is 6.54 Å². The summed E-state index contributed by atoms with van der Waals surface area (Å²) in [5.74, 6) is -5.74.